The van der Waals surface area contributed by atoms with E-state index >= 15 is 0 Å². The molecule has 7 heteroatoms. The van der Waals surface area contributed by atoms with E-state index in [2.05, 4.69) is 11.7 Å². The van der Waals surface area contributed by atoms with Crippen molar-refractivity contribution >= 4 is 12.1 Å². The van der Waals surface area contributed by atoms with Crippen LogP contribution in [-0.4, -0.2) is 24.7 Å². The van der Waals surface area contributed by atoms with Gasteiger partial charge in [-0.2, -0.15) is 13.2 Å². The first-order chi connectivity index (χ1) is 10.6. The first-order valence-corrected chi connectivity index (χ1v) is 6.80. The minimum atomic E-state index is -4.19. The number of nitrogens with two attached hydrogens (primary N) is 1. The number of nitrogens with zero attached hydrogens (tertiary/aromatic N) is 1. The van der Waals surface area contributed by atoms with Crippen LogP contribution in [0, 0.1) is 18.2 Å². The second kappa shape index (κ2) is 9.03. The van der Waals surface area contributed by atoms with Gasteiger partial charge in [-0.1, -0.05) is 5.92 Å². The van der Waals surface area contributed by atoms with E-state index in [-0.39, 0.29) is 19.4 Å². The molecule has 0 saturated carbocycles. The summed E-state index contributed by atoms with van der Waals surface area (Å²) in [6.45, 7) is 3.64. The summed E-state index contributed by atoms with van der Waals surface area (Å²) in [7, 11) is 0. The standard InChI is InChI=1S/C15H17F4N.CH3NO/c1-4-14(2,3)20(11-5-10-15(17,18)19)13-8-6-12(16)7-9-13;2-1-3/h1,6-9H,5,10-11H2,2-3H3;1H,(H2,2,3). The van der Waals surface area contributed by atoms with Crippen LogP contribution >= 0.6 is 0 Å². The van der Waals surface area contributed by atoms with Gasteiger partial charge in [-0.05, 0) is 44.5 Å². The van der Waals surface area contributed by atoms with Crippen LogP contribution in [0.4, 0.5) is 23.2 Å². The van der Waals surface area contributed by atoms with Gasteiger partial charge < -0.3 is 10.6 Å². The maximum atomic E-state index is 12.9. The maximum Gasteiger partial charge on any atom is 0.389 e. The maximum absolute atomic E-state index is 12.9. The quantitative estimate of drug-likeness (QED) is 0.510. The zero-order valence-electron chi connectivity index (χ0n) is 13.0. The highest BCUT2D eigenvalue weighted by molar-refractivity contribution is 5.51. The fraction of sp³-hybridized carbons (Fsp3) is 0.438. The van der Waals surface area contributed by atoms with Gasteiger partial charge in [0.15, 0.2) is 0 Å². The van der Waals surface area contributed by atoms with Gasteiger partial charge in [-0.15, -0.1) is 6.42 Å². The van der Waals surface area contributed by atoms with E-state index in [1.54, 1.807) is 18.7 Å². The molecule has 0 unspecified atom stereocenters. The van der Waals surface area contributed by atoms with Gasteiger partial charge in [0.25, 0.3) is 0 Å². The van der Waals surface area contributed by atoms with Gasteiger partial charge in [-0.25, -0.2) is 4.39 Å². The second-order valence-electron chi connectivity index (χ2n) is 5.19. The predicted molar refractivity (Wildman–Crippen MR) is 82.2 cm³/mol. The lowest BCUT2D eigenvalue weighted by atomic mass is 10.0. The third-order valence-electron chi connectivity index (χ3n) is 3.01. The Morgan fingerprint density at radius 2 is 1.74 bits per heavy atom. The van der Waals surface area contributed by atoms with E-state index in [1.807, 2.05) is 0 Å². The minimum Gasteiger partial charge on any atom is -0.372 e. The zero-order valence-corrected chi connectivity index (χ0v) is 13.0. The van der Waals surface area contributed by atoms with Crippen molar-refractivity contribution in [2.45, 2.75) is 38.4 Å². The van der Waals surface area contributed by atoms with Crippen LogP contribution in [0.25, 0.3) is 0 Å². The lowest BCUT2D eigenvalue weighted by Crippen LogP contribution is -2.43. The number of rotatable bonds is 5. The molecule has 0 spiro atoms. The van der Waals surface area contributed by atoms with Crippen LogP contribution < -0.4 is 10.6 Å². The SMILES string of the molecule is C#CC(C)(C)N(CCCC(F)(F)F)c1ccc(F)cc1.NC=O. The molecular formula is C16H20F4N2O. The Kier molecular flexibility index (Phi) is 8.16. The Morgan fingerprint density at radius 1 is 1.26 bits per heavy atom. The Bertz CT molecular complexity index is 518. The molecule has 0 aromatic heterocycles. The van der Waals surface area contributed by atoms with Crippen molar-refractivity contribution in [3.05, 3.63) is 30.1 Å². The first-order valence-electron chi connectivity index (χ1n) is 6.80. The van der Waals surface area contributed by atoms with E-state index in [0.29, 0.717) is 5.69 Å². The molecule has 128 valence electrons. The minimum absolute atomic E-state index is 0.0635. The molecule has 0 aliphatic carbocycles. The van der Waals surface area contributed by atoms with Gasteiger partial charge in [0.1, 0.15) is 5.82 Å². The van der Waals surface area contributed by atoms with E-state index in [1.165, 1.54) is 24.3 Å². The lowest BCUT2D eigenvalue weighted by Gasteiger charge is -2.37. The Balaban J connectivity index is 0.00000149. The molecule has 0 heterocycles. The highest BCUT2D eigenvalue weighted by atomic mass is 19.4. The number of halogens is 4. The molecule has 1 aromatic carbocycles. The van der Waals surface area contributed by atoms with E-state index in [0.717, 1.165) is 0 Å². The molecule has 0 fully saturated rings. The van der Waals surface area contributed by atoms with Gasteiger partial charge in [0.05, 0.1) is 5.54 Å². The molecule has 0 aliphatic heterocycles. The van der Waals surface area contributed by atoms with Gasteiger partial charge in [0, 0.05) is 18.7 Å². The summed E-state index contributed by atoms with van der Waals surface area (Å²) >= 11 is 0. The number of hydrogen-bond acceptors (Lipinski definition) is 2. The van der Waals surface area contributed by atoms with Crippen LogP contribution in [0.1, 0.15) is 26.7 Å². The fourth-order valence-electron chi connectivity index (χ4n) is 1.87. The summed E-state index contributed by atoms with van der Waals surface area (Å²) in [5.41, 5.74) is 4.03. The number of carbonyl (C=O) groups excluding carboxylic acids is 1. The Morgan fingerprint density at radius 3 is 2.13 bits per heavy atom. The number of alkyl halides is 3. The van der Waals surface area contributed by atoms with Gasteiger partial charge in [0.2, 0.25) is 6.41 Å². The van der Waals surface area contributed by atoms with Gasteiger partial charge >= 0.3 is 6.18 Å². The summed E-state index contributed by atoms with van der Waals surface area (Å²) in [5, 5.41) is 0. The molecule has 0 aliphatic rings. The number of anilines is 1. The third kappa shape index (κ3) is 8.10. The summed E-state index contributed by atoms with van der Waals surface area (Å²) in [5.74, 6) is 2.15. The number of carbonyl (C=O) groups is 1. The summed E-state index contributed by atoms with van der Waals surface area (Å²) in [6.07, 6.45) is 0.575. The van der Waals surface area contributed by atoms with Crippen LogP contribution in [-0.2, 0) is 4.79 Å². The molecular weight excluding hydrogens is 312 g/mol. The molecule has 3 nitrogen and oxygen atoms in total. The smallest absolute Gasteiger partial charge is 0.372 e. The summed E-state index contributed by atoms with van der Waals surface area (Å²) in [6, 6.07) is 5.56. The second-order valence-corrected chi connectivity index (χ2v) is 5.19. The van der Waals surface area contributed by atoms with Crippen LogP contribution in [0.2, 0.25) is 0 Å². The molecule has 0 saturated heterocycles. The Labute approximate surface area is 133 Å². The normalized spacial score (nSPS) is 11.0. The molecule has 23 heavy (non-hydrogen) atoms. The van der Waals surface area contributed by atoms with Crippen LogP contribution in [0.15, 0.2) is 24.3 Å². The van der Waals surface area contributed by atoms with E-state index < -0.39 is 24.0 Å². The highest BCUT2D eigenvalue weighted by Crippen LogP contribution is 2.27. The number of terminal acetylenes is 1. The van der Waals surface area contributed by atoms with Gasteiger partial charge in [-0.3, -0.25) is 4.79 Å². The van der Waals surface area contributed by atoms with E-state index in [4.69, 9.17) is 11.2 Å². The number of primary amides is 1. The molecule has 0 bridgehead atoms. The monoisotopic (exact) mass is 332 g/mol. The van der Waals surface area contributed by atoms with E-state index in [9.17, 15) is 17.6 Å². The largest absolute Gasteiger partial charge is 0.389 e. The topological polar surface area (TPSA) is 46.3 Å². The zero-order chi connectivity index (χ0) is 18.1. The average Bonchev–Trinajstić information content (AvgIpc) is 2.44. The predicted octanol–water partition coefficient (Wildman–Crippen LogP) is 3.49. The summed E-state index contributed by atoms with van der Waals surface area (Å²) < 4.78 is 49.6. The van der Waals surface area contributed by atoms with Crippen molar-refractivity contribution < 1.29 is 22.4 Å². The van der Waals surface area contributed by atoms with Crippen molar-refractivity contribution in [3.63, 3.8) is 0 Å². The first kappa shape index (κ1) is 20.8. The molecule has 0 atom stereocenters. The number of hydrogen-bond donors (Lipinski definition) is 1. The molecule has 1 rings (SSSR count). The Hall–Kier alpha value is -2.23. The van der Waals surface area contributed by atoms with Crippen molar-refractivity contribution in [2.24, 2.45) is 5.73 Å². The lowest BCUT2D eigenvalue weighted by molar-refractivity contribution is -0.135. The molecule has 0 radical (unpaired) electrons. The molecule has 1 aromatic rings. The van der Waals surface area contributed by atoms with Crippen molar-refractivity contribution in [3.8, 4) is 12.3 Å². The molecule has 2 N–H and O–H groups in total. The number of benzene rings is 1. The van der Waals surface area contributed by atoms with Crippen LogP contribution in [0.3, 0.4) is 0 Å². The average molecular weight is 332 g/mol. The molecule has 1 amide bonds. The summed E-state index contributed by atoms with van der Waals surface area (Å²) in [4.78, 5) is 10.3. The fourth-order valence-corrected chi connectivity index (χ4v) is 1.87. The van der Waals surface area contributed by atoms with Crippen LogP contribution in [0.5, 0.6) is 0 Å². The van der Waals surface area contributed by atoms with Crippen molar-refractivity contribution in [1.82, 2.24) is 0 Å². The third-order valence-corrected chi connectivity index (χ3v) is 3.01. The van der Waals surface area contributed by atoms with Crippen molar-refractivity contribution in [2.75, 3.05) is 11.4 Å². The highest BCUT2D eigenvalue weighted by Gasteiger charge is 2.29. The number of amides is 1. The van der Waals surface area contributed by atoms with Crippen molar-refractivity contribution in [1.29, 1.82) is 0 Å².